The summed E-state index contributed by atoms with van der Waals surface area (Å²) in [6.45, 7) is 2.29. The van der Waals surface area contributed by atoms with Gasteiger partial charge in [0.25, 0.3) is 0 Å². The molecule has 8 heteroatoms. The largest absolute Gasteiger partial charge is 0.481 e. The first kappa shape index (κ1) is 18.5. The lowest BCUT2D eigenvalue weighted by Gasteiger charge is -2.44. The summed E-state index contributed by atoms with van der Waals surface area (Å²) in [5.41, 5.74) is 0. The minimum atomic E-state index is -0.855. The van der Waals surface area contributed by atoms with Crippen molar-refractivity contribution in [3.05, 3.63) is 6.20 Å². The van der Waals surface area contributed by atoms with Crippen LogP contribution in [0.3, 0.4) is 0 Å². The summed E-state index contributed by atoms with van der Waals surface area (Å²) in [6.07, 6.45) is 9.57. The van der Waals surface area contributed by atoms with E-state index in [1.165, 1.54) is 42.4 Å². The van der Waals surface area contributed by atoms with Crippen LogP contribution in [0.15, 0.2) is 10.4 Å². The number of hydrogen-bond acceptors (Lipinski definition) is 5. The summed E-state index contributed by atoms with van der Waals surface area (Å²) in [4.78, 5) is 29.8. The monoisotopic (exact) mass is 383 g/mol. The Labute approximate surface area is 156 Å². The average Bonchev–Trinajstić information content (AvgIpc) is 2.97. The van der Waals surface area contributed by atoms with Gasteiger partial charge in [0.1, 0.15) is 0 Å². The second-order valence-corrected chi connectivity index (χ2v) is 9.31. The van der Waals surface area contributed by atoms with Crippen molar-refractivity contribution in [2.24, 2.45) is 5.92 Å². The molecule has 1 aromatic heterocycles. The molecule has 2 N–H and O–H groups in total. The maximum absolute atomic E-state index is 12.9. The number of nitrogens with one attached hydrogen (secondary N) is 1. The number of aromatic nitrogens is 1. The Morgan fingerprint density at radius 2 is 1.96 bits per heavy atom. The number of thiazole rings is 1. The number of carbonyl (C=O) groups excluding carboxylic acids is 1. The normalized spacial score (nSPS) is 23.7. The van der Waals surface area contributed by atoms with Gasteiger partial charge in [-0.15, -0.1) is 11.8 Å². The highest BCUT2D eigenvalue weighted by atomic mass is 32.2. The van der Waals surface area contributed by atoms with Crippen molar-refractivity contribution in [1.29, 1.82) is 0 Å². The molecule has 2 saturated carbocycles. The van der Waals surface area contributed by atoms with Gasteiger partial charge in [0.2, 0.25) is 0 Å². The molecule has 0 aliphatic heterocycles. The first-order chi connectivity index (χ1) is 12.0. The second-order valence-electron chi connectivity index (χ2n) is 7.00. The zero-order chi connectivity index (χ0) is 17.8. The Hall–Kier alpha value is -1.28. The molecule has 2 aliphatic rings. The molecule has 0 atom stereocenters. The van der Waals surface area contributed by atoms with Gasteiger partial charge in [-0.1, -0.05) is 18.3 Å². The number of carbonyl (C=O) groups is 2. The fourth-order valence-electron chi connectivity index (χ4n) is 3.49. The number of aliphatic carboxylic acids is 1. The van der Waals surface area contributed by atoms with Crippen LogP contribution in [0.2, 0.25) is 0 Å². The zero-order valence-electron chi connectivity index (χ0n) is 14.4. The molecule has 0 bridgehead atoms. The highest BCUT2D eigenvalue weighted by Gasteiger charge is 2.36. The number of hydrogen-bond donors (Lipinski definition) is 2. The minimum absolute atomic E-state index is 0.00401. The lowest BCUT2D eigenvalue weighted by molar-refractivity contribution is -0.133. The van der Waals surface area contributed by atoms with Crippen LogP contribution in [0.5, 0.6) is 0 Å². The van der Waals surface area contributed by atoms with E-state index in [0.29, 0.717) is 17.2 Å². The molecule has 2 fully saturated rings. The molecule has 1 heterocycles. The van der Waals surface area contributed by atoms with Crippen molar-refractivity contribution in [2.75, 3.05) is 11.1 Å². The smallest absolute Gasteiger partial charge is 0.324 e. The summed E-state index contributed by atoms with van der Waals surface area (Å²) in [7, 11) is 0. The van der Waals surface area contributed by atoms with E-state index in [4.69, 9.17) is 5.11 Å². The number of carboxylic acids is 1. The third-order valence-corrected chi connectivity index (χ3v) is 7.21. The van der Waals surface area contributed by atoms with E-state index in [1.54, 1.807) is 6.20 Å². The first-order valence-electron chi connectivity index (χ1n) is 8.92. The van der Waals surface area contributed by atoms with Gasteiger partial charge in [-0.2, -0.15) is 0 Å². The summed E-state index contributed by atoms with van der Waals surface area (Å²) in [5.74, 6) is -0.0914. The van der Waals surface area contributed by atoms with Crippen molar-refractivity contribution < 1.29 is 14.7 Å². The quantitative estimate of drug-likeness (QED) is 0.716. The van der Waals surface area contributed by atoms with E-state index in [-0.39, 0.29) is 11.8 Å². The summed E-state index contributed by atoms with van der Waals surface area (Å²) >= 11 is 2.56. The molecule has 0 radical (unpaired) electrons. The fraction of sp³-hybridized carbons (Fsp3) is 0.706. The van der Waals surface area contributed by atoms with E-state index in [2.05, 4.69) is 22.1 Å². The molecular weight excluding hydrogens is 358 g/mol. The van der Waals surface area contributed by atoms with E-state index in [9.17, 15) is 9.59 Å². The zero-order valence-corrected chi connectivity index (χ0v) is 16.1. The Kier molecular flexibility index (Phi) is 6.22. The van der Waals surface area contributed by atoms with Gasteiger partial charge >= 0.3 is 12.0 Å². The number of amides is 2. The van der Waals surface area contributed by atoms with E-state index in [1.807, 2.05) is 0 Å². The number of carboxylic acid groups (broad SMARTS) is 1. The fourth-order valence-corrected chi connectivity index (χ4v) is 5.07. The van der Waals surface area contributed by atoms with Crippen molar-refractivity contribution in [2.45, 2.75) is 68.2 Å². The average molecular weight is 384 g/mol. The molecule has 2 aliphatic carbocycles. The second kappa shape index (κ2) is 8.40. The number of rotatable bonds is 6. The van der Waals surface area contributed by atoms with Gasteiger partial charge in [0.05, 0.1) is 16.2 Å². The molecule has 0 unspecified atom stereocenters. The third kappa shape index (κ3) is 4.88. The van der Waals surface area contributed by atoms with Crippen LogP contribution >= 0.6 is 23.1 Å². The number of nitrogens with zero attached hydrogens (tertiary/aromatic N) is 2. The lowest BCUT2D eigenvalue weighted by Crippen LogP contribution is -2.52. The van der Waals surface area contributed by atoms with Crippen LogP contribution in [0.25, 0.3) is 0 Å². The van der Waals surface area contributed by atoms with Crippen LogP contribution < -0.4 is 5.32 Å². The number of anilines is 1. The van der Waals surface area contributed by atoms with E-state index >= 15 is 0 Å². The highest BCUT2D eigenvalue weighted by molar-refractivity contribution is 8.01. The molecule has 3 rings (SSSR count). The van der Waals surface area contributed by atoms with Crippen LogP contribution in [0.1, 0.15) is 51.9 Å². The molecule has 6 nitrogen and oxygen atoms in total. The van der Waals surface area contributed by atoms with Crippen LogP contribution in [-0.4, -0.2) is 44.8 Å². The molecule has 0 saturated heterocycles. The summed E-state index contributed by atoms with van der Waals surface area (Å²) < 4.78 is 0.805. The Bertz CT molecular complexity index is 610. The lowest BCUT2D eigenvalue weighted by atomic mass is 9.83. The Morgan fingerprint density at radius 3 is 2.56 bits per heavy atom. The van der Waals surface area contributed by atoms with Gasteiger partial charge in [0, 0.05) is 12.1 Å². The predicted molar refractivity (Wildman–Crippen MR) is 100 cm³/mol. The van der Waals surface area contributed by atoms with E-state index < -0.39 is 5.97 Å². The maximum Gasteiger partial charge on any atom is 0.324 e. The predicted octanol–water partition coefficient (Wildman–Crippen LogP) is 4.28. The molecule has 2 amide bonds. The number of urea groups is 1. The Morgan fingerprint density at radius 1 is 1.28 bits per heavy atom. The Balaban J connectivity index is 1.61. The first-order valence-corrected chi connectivity index (χ1v) is 10.7. The van der Waals surface area contributed by atoms with Crippen LogP contribution in [0.4, 0.5) is 9.93 Å². The van der Waals surface area contributed by atoms with Gasteiger partial charge in [0.15, 0.2) is 5.13 Å². The van der Waals surface area contributed by atoms with Gasteiger partial charge in [-0.25, -0.2) is 9.78 Å². The van der Waals surface area contributed by atoms with Crippen molar-refractivity contribution >= 4 is 40.2 Å². The van der Waals surface area contributed by atoms with Crippen molar-refractivity contribution in [1.82, 2.24) is 9.88 Å². The van der Waals surface area contributed by atoms with Crippen LogP contribution in [-0.2, 0) is 4.79 Å². The van der Waals surface area contributed by atoms with Crippen molar-refractivity contribution in [3.8, 4) is 0 Å². The molecule has 0 spiro atoms. The molecule has 138 valence electrons. The molecule has 25 heavy (non-hydrogen) atoms. The standard InChI is InChI=1S/C17H25N3O3S2/c1-11-5-7-13(8-6-11)20(12-3-2-4-12)17(23)19-16-18-9-15(25-16)24-10-14(21)22/h9,11-13H,2-8,10H2,1H3,(H,21,22)(H,18,19,23). The minimum Gasteiger partial charge on any atom is -0.481 e. The maximum atomic E-state index is 12.9. The number of thioether (sulfide) groups is 1. The van der Waals surface area contributed by atoms with Gasteiger partial charge in [-0.3, -0.25) is 10.1 Å². The topological polar surface area (TPSA) is 82.5 Å². The molecular formula is C17H25N3O3S2. The SMILES string of the molecule is CC1CCC(N(C(=O)Nc2ncc(SCC(=O)O)s2)C2CCC2)CC1. The summed E-state index contributed by atoms with van der Waals surface area (Å²) in [5, 5.41) is 12.2. The highest BCUT2D eigenvalue weighted by Crippen LogP contribution is 2.35. The van der Waals surface area contributed by atoms with E-state index in [0.717, 1.165) is 35.8 Å². The molecule has 1 aromatic rings. The van der Waals surface area contributed by atoms with Crippen LogP contribution in [0, 0.1) is 5.92 Å². The van der Waals surface area contributed by atoms with Gasteiger partial charge < -0.3 is 10.0 Å². The van der Waals surface area contributed by atoms with Gasteiger partial charge in [-0.05, 0) is 50.9 Å². The van der Waals surface area contributed by atoms with Crippen molar-refractivity contribution in [3.63, 3.8) is 0 Å². The third-order valence-electron chi connectivity index (χ3n) is 5.12. The molecule has 0 aromatic carbocycles. The summed E-state index contributed by atoms with van der Waals surface area (Å²) in [6, 6.07) is 0.648.